The number of rotatable bonds is 0. The van der Waals surface area contributed by atoms with Crippen LogP contribution in [-0.2, 0) is 0 Å². The summed E-state index contributed by atoms with van der Waals surface area (Å²) in [6, 6.07) is 13.1. The number of benzene rings is 1. The first kappa shape index (κ1) is 9.42. The third-order valence-corrected chi connectivity index (χ3v) is 12.2. The summed E-state index contributed by atoms with van der Waals surface area (Å²) in [6.45, 7) is 0. The molecule has 3 rings (SSSR count). The van der Waals surface area contributed by atoms with Gasteiger partial charge in [-0.05, 0) is 0 Å². The number of hydrogen-bond acceptors (Lipinski definition) is 1. The van der Waals surface area contributed by atoms with Gasteiger partial charge in [0.2, 0.25) is 0 Å². The van der Waals surface area contributed by atoms with Crippen LogP contribution in [-0.4, -0.2) is 23.8 Å². The maximum atomic E-state index is 4.55. The summed E-state index contributed by atoms with van der Waals surface area (Å²) in [5.41, 5.74) is 2.62. The summed E-state index contributed by atoms with van der Waals surface area (Å²) in [5.74, 6) is 0. The molecule has 0 saturated heterocycles. The van der Waals surface area contributed by atoms with Gasteiger partial charge in [0.1, 0.15) is 0 Å². The van der Waals surface area contributed by atoms with Crippen LogP contribution in [0.3, 0.4) is 0 Å². The second-order valence-electron chi connectivity index (χ2n) is 4.34. The zero-order chi connectivity index (χ0) is 10.5. The zero-order valence-electron chi connectivity index (χ0n) is 8.94. The van der Waals surface area contributed by atoms with E-state index < -0.39 is 18.8 Å². The van der Waals surface area contributed by atoms with Crippen molar-refractivity contribution in [3.8, 4) is 11.3 Å². The summed E-state index contributed by atoms with van der Waals surface area (Å²) in [6.07, 6.45) is 1.90. The molecular formula is C13H13NSb. The molecule has 1 radical (unpaired) electrons. The van der Waals surface area contributed by atoms with Gasteiger partial charge in [-0.2, -0.15) is 0 Å². The predicted molar refractivity (Wildman–Crippen MR) is 66.4 cm³/mol. The van der Waals surface area contributed by atoms with E-state index in [1.807, 2.05) is 6.20 Å². The second kappa shape index (κ2) is 3.09. The Kier molecular flexibility index (Phi) is 1.94. The Labute approximate surface area is 94.2 Å². The predicted octanol–water partition coefficient (Wildman–Crippen LogP) is 1.88. The van der Waals surface area contributed by atoms with Crippen molar-refractivity contribution in [2.24, 2.45) is 0 Å². The number of hydrogen-bond donors (Lipinski definition) is 0. The van der Waals surface area contributed by atoms with E-state index in [1.54, 1.807) is 3.51 Å². The van der Waals surface area contributed by atoms with Gasteiger partial charge in [0.15, 0.2) is 0 Å². The van der Waals surface area contributed by atoms with E-state index in [9.17, 15) is 0 Å². The van der Waals surface area contributed by atoms with Gasteiger partial charge < -0.3 is 0 Å². The normalized spacial score (nSPS) is 15.9. The third-order valence-electron chi connectivity index (χ3n) is 3.15. The number of pyridine rings is 1. The van der Waals surface area contributed by atoms with Crippen molar-refractivity contribution in [2.45, 2.75) is 9.74 Å². The molecule has 2 heteroatoms. The second-order valence-corrected chi connectivity index (χ2v) is 15.4. The third kappa shape index (κ3) is 1.19. The van der Waals surface area contributed by atoms with Gasteiger partial charge in [0.05, 0.1) is 0 Å². The van der Waals surface area contributed by atoms with Crippen molar-refractivity contribution in [2.75, 3.05) is 0 Å². The van der Waals surface area contributed by atoms with Crippen LogP contribution in [0.15, 0.2) is 42.6 Å². The fourth-order valence-corrected chi connectivity index (χ4v) is 9.96. The van der Waals surface area contributed by atoms with E-state index in [-0.39, 0.29) is 0 Å². The SMILES string of the molecule is [CH3][Sb]1([CH3])[c]2ccccc2-c2nccc[c]21. The molecule has 2 aromatic rings. The molecule has 0 bridgehead atoms. The first-order valence-corrected chi connectivity index (χ1v) is 12.8. The Morgan fingerprint density at radius 3 is 2.53 bits per heavy atom. The summed E-state index contributed by atoms with van der Waals surface area (Å²) >= 11 is -2.12. The van der Waals surface area contributed by atoms with Crippen molar-refractivity contribution >= 4 is 25.8 Å². The zero-order valence-corrected chi connectivity index (χ0v) is 11.5. The molecular weight excluding hydrogens is 292 g/mol. The van der Waals surface area contributed by atoms with E-state index in [0.717, 1.165) is 0 Å². The Morgan fingerprint density at radius 2 is 1.67 bits per heavy atom. The van der Waals surface area contributed by atoms with Crippen LogP contribution in [0.2, 0.25) is 9.74 Å². The first-order chi connectivity index (χ1) is 7.21. The molecule has 0 N–H and O–H groups in total. The van der Waals surface area contributed by atoms with Crippen molar-refractivity contribution in [3.05, 3.63) is 42.6 Å². The molecule has 2 heterocycles. The molecule has 15 heavy (non-hydrogen) atoms. The molecule has 75 valence electrons. The molecule has 1 aromatic carbocycles. The van der Waals surface area contributed by atoms with Gasteiger partial charge in [-0.3, -0.25) is 0 Å². The Morgan fingerprint density at radius 1 is 0.933 bits per heavy atom. The molecule has 1 aromatic heterocycles. The molecule has 1 aliphatic heterocycles. The molecule has 0 amide bonds. The summed E-state index contributed by atoms with van der Waals surface area (Å²) in [7, 11) is 0. The topological polar surface area (TPSA) is 12.9 Å². The van der Waals surface area contributed by atoms with Gasteiger partial charge >= 0.3 is 94.4 Å². The number of fused-ring (bicyclic) bond motifs is 3. The van der Waals surface area contributed by atoms with Crippen LogP contribution in [0.4, 0.5) is 0 Å². The van der Waals surface area contributed by atoms with Crippen molar-refractivity contribution < 1.29 is 0 Å². The summed E-state index contributed by atoms with van der Waals surface area (Å²) in [4.78, 5) is 9.47. The van der Waals surface area contributed by atoms with Gasteiger partial charge in [-0.1, -0.05) is 0 Å². The maximum absolute atomic E-state index is 4.55. The Balaban J connectivity index is 2.42. The molecule has 0 spiro atoms. The van der Waals surface area contributed by atoms with Crippen LogP contribution < -0.4 is 7.02 Å². The van der Waals surface area contributed by atoms with Crippen molar-refractivity contribution in [1.29, 1.82) is 0 Å². The molecule has 1 aliphatic rings. The van der Waals surface area contributed by atoms with Crippen molar-refractivity contribution in [3.63, 3.8) is 0 Å². The molecule has 0 fully saturated rings. The van der Waals surface area contributed by atoms with E-state index >= 15 is 0 Å². The first-order valence-electron chi connectivity index (χ1n) is 5.11. The standard InChI is InChI=1S/C11H7N.2CH3.Sb/c1-2-6-10(7-3-1)11-8-4-5-9-12-11;;;/h1-6,9H;2*1H3;. The average molecular weight is 305 g/mol. The molecule has 0 saturated carbocycles. The fraction of sp³-hybridized carbons (Fsp3) is 0.154. The van der Waals surface area contributed by atoms with E-state index in [0.29, 0.717) is 0 Å². The minimum atomic E-state index is -2.12. The monoisotopic (exact) mass is 304 g/mol. The van der Waals surface area contributed by atoms with Crippen LogP contribution >= 0.6 is 0 Å². The quantitative estimate of drug-likeness (QED) is 0.677. The van der Waals surface area contributed by atoms with Gasteiger partial charge in [0, 0.05) is 0 Å². The summed E-state index contributed by atoms with van der Waals surface area (Å²) in [5, 5.41) is 0. The molecule has 0 atom stereocenters. The Bertz CT molecular complexity index is 484. The van der Waals surface area contributed by atoms with E-state index in [2.05, 4.69) is 51.1 Å². The van der Waals surface area contributed by atoms with Gasteiger partial charge in [0.25, 0.3) is 0 Å². The molecule has 0 unspecified atom stereocenters. The number of nitrogens with zero attached hydrogens (tertiary/aromatic N) is 1. The van der Waals surface area contributed by atoms with Crippen LogP contribution in [0.1, 0.15) is 0 Å². The average Bonchev–Trinajstić information content (AvgIpc) is 2.51. The van der Waals surface area contributed by atoms with E-state index in [1.165, 1.54) is 14.8 Å². The van der Waals surface area contributed by atoms with Crippen LogP contribution in [0.5, 0.6) is 0 Å². The van der Waals surface area contributed by atoms with Gasteiger partial charge in [-0.15, -0.1) is 0 Å². The summed E-state index contributed by atoms with van der Waals surface area (Å²) < 4.78 is 3.13. The Hall–Kier alpha value is -0.812. The molecule has 0 aliphatic carbocycles. The number of aromatic nitrogens is 1. The minimum absolute atomic E-state index is 1.24. The van der Waals surface area contributed by atoms with Crippen LogP contribution in [0, 0.1) is 0 Å². The van der Waals surface area contributed by atoms with E-state index in [4.69, 9.17) is 0 Å². The molecule has 1 nitrogen and oxygen atoms in total. The van der Waals surface area contributed by atoms with Crippen LogP contribution in [0.25, 0.3) is 11.3 Å². The van der Waals surface area contributed by atoms with Gasteiger partial charge in [-0.25, -0.2) is 0 Å². The van der Waals surface area contributed by atoms with Crippen molar-refractivity contribution in [1.82, 2.24) is 4.98 Å². The fourth-order valence-electron chi connectivity index (χ4n) is 2.35.